The van der Waals surface area contributed by atoms with Crippen molar-refractivity contribution in [2.75, 3.05) is 16.8 Å². The molecule has 25 heavy (non-hydrogen) atoms. The van der Waals surface area contributed by atoms with Gasteiger partial charge in [0.15, 0.2) is 0 Å². The molecule has 4 heteroatoms. The van der Waals surface area contributed by atoms with Gasteiger partial charge in [0.25, 0.3) is 0 Å². The van der Waals surface area contributed by atoms with Gasteiger partial charge in [-0.3, -0.25) is 0 Å². The van der Waals surface area contributed by atoms with Crippen molar-refractivity contribution in [1.29, 1.82) is 0 Å². The van der Waals surface area contributed by atoms with Crippen molar-refractivity contribution >= 4 is 43.3 Å². The molecule has 0 amide bonds. The first-order chi connectivity index (χ1) is 12.3. The van der Waals surface area contributed by atoms with E-state index in [0.717, 1.165) is 10.5 Å². The molecule has 0 atom stereocenters. The largest absolute Gasteiger partial charge is 0.350 e. The molecule has 1 aromatic heterocycles. The molecule has 2 aromatic carbocycles. The highest BCUT2D eigenvalue weighted by molar-refractivity contribution is 8.37. The summed E-state index contributed by atoms with van der Waals surface area (Å²) in [5.74, 6) is 2.35. The Kier molecular flexibility index (Phi) is 4.40. The van der Waals surface area contributed by atoms with Crippen LogP contribution in [0.15, 0.2) is 70.6 Å². The summed E-state index contributed by atoms with van der Waals surface area (Å²) in [4.78, 5) is 6.18. The molecule has 0 aliphatic carbocycles. The molecular weight excluding hydrogens is 344 g/mol. The lowest BCUT2D eigenvalue weighted by atomic mass is 10.3. The summed E-state index contributed by atoms with van der Waals surface area (Å²) < 4.78 is 1.24. The monoisotopic (exact) mass is 366 g/mol. The predicted octanol–water partition coefficient (Wildman–Crippen LogP) is 6.48. The van der Waals surface area contributed by atoms with Crippen molar-refractivity contribution in [3.63, 3.8) is 0 Å². The topological polar surface area (TPSA) is 24.9 Å². The second-order valence-electron chi connectivity index (χ2n) is 5.99. The summed E-state index contributed by atoms with van der Waals surface area (Å²) in [6.07, 6.45) is 6.53. The van der Waals surface area contributed by atoms with Crippen LogP contribution in [-0.2, 0) is 0 Å². The maximum Gasteiger partial charge on any atom is 0.117 e. The number of para-hydroxylation sites is 2. The summed E-state index contributed by atoms with van der Waals surface area (Å²) in [6, 6.07) is 17.1. The number of aromatic nitrogens is 1. The molecule has 0 saturated carbocycles. The van der Waals surface area contributed by atoms with E-state index in [4.69, 9.17) is 0 Å². The number of allylic oxidation sites excluding steroid dienone is 2. The van der Waals surface area contributed by atoms with E-state index < -0.39 is 10.0 Å². The van der Waals surface area contributed by atoms with Crippen molar-refractivity contribution in [3.8, 4) is 0 Å². The molecule has 0 fully saturated rings. The average molecular weight is 367 g/mol. The highest BCUT2D eigenvalue weighted by atomic mass is 32.3. The molecule has 0 saturated heterocycles. The van der Waals surface area contributed by atoms with Crippen LogP contribution >= 0.6 is 21.4 Å². The number of thiazole rings is 1. The molecule has 0 unspecified atom stereocenters. The van der Waals surface area contributed by atoms with E-state index in [1.54, 1.807) is 11.3 Å². The number of benzene rings is 2. The maximum atomic E-state index is 4.68. The Morgan fingerprint density at radius 2 is 1.80 bits per heavy atom. The Balaban J connectivity index is 1.66. The molecule has 4 rings (SSSR count). The van der Waals surface area contributed by atoms with Crippen LogP contribution in [0.2, 0.25) is 0 Å². The van der Waals surface area contributed by atoms with Crippen molar-refractivity contribution in [1.82, 2.24) is 4.98 Å². The van der Waals surface area contributed by atoms with Gasteiger partial charge < -0.3 is 5.32 Å². The van der Waals surface area contributed by atoms with Gasteiger partial charge in [0.1, 0.15) is 5.01 Å². The minimum absolute atomic E-state index is 0.934. The minimum Gasteiger partial charge on any atom is -0.350 e. The first-order valence-electron chi connectivity index (χ1n) is 8.65. The molecule has 0 bridgehead atoms. The smallest absolute Gasteiger partial charge is 0.117 e. The third-order valence-corrected chi connectivity index (χ3v) is 10.0. The summed E-state index contributed by atoms with van der Waals surface area (Å²) in [6.45, 7) is 4.63. The summed E-state index contributed by atoms with van der Waals surface area (Å²) >= 11 is 1.74. The molecule has 0 radical (unpaired) electrons. The second-order valence-corrected chi connectivity index (χ2v) is 10.9. The van der Waals surface area contributed by atoms with Crippen molar-refractivity contribution in [3.05, 3.63) is 70.7 Å². The molecule has 1 N–H and O–H groups in total. The van der Waals surface area contributed by atoms with Gasteiger partial charge in [-0.2, -0.15) is 10.0 Å². The number of hydrogen-bond donors (Lipinski definition) is 1. The third kappa shape index (κ3) is 2.79. The van der Waals surface area contributed by atoms with E-state index in [1.807, 2.05) is 6.07 Å². The Bertz CT molecular complexity index is 932. The fourth-order valence-corrected chi connectivity index (χ4v) is 7.73. The lowest BCUT2D eigenvalue weighted by Gasteiger charge is -2.34. The second kappa shape index (κ2) is 6.70. The first-order valence-corrected chi connectivity index (χ1v) is 11.4. The standard InChI is InChI=1S/C21H22N2S2/c1-3-25(4-2)19-13-8-6-11-17(19)23-21(25)15-9-14-20-22-16-10-5-7-12-18(16)24-20/h5-15,23H,3-4H2,1-2H3. The molecule has 1 aliphatic heterocycles. The third-order valence-electron chi connectivity index (χ3n) is 4.77. The van der Waals surface area contributed by atoms with Crippen LogP contribution in [-0.4, -0.2) is 16.5 Å². The van der Waals surface area contributed by atoms with E-state index in [2.05, 4.69) is 84.8 Å². The molecule has 3 aromatic rings. The van der Waals surface area contributed by atoms with Gasteiger partial charge in [-0.15, -0.1) is 11.3 Å². The van der Waals surface area contributed by atoms with Gasteiger partial charge in [-0.1, -0.05) is 44.2 Å². The van der Waals surface area contributed by atoms with E-state index in [9.17, 15) is 0 Å². The highest BCUT2D eigenvalue weighted by Crippen LogP contribution is 2.67. The molecule has 2 nitrogen and oxygen atoms in total. The fourth-order valence-electron chi connectivity index (χ4n) is 3.44. The number of rotatable bonds is 4. The maximum absolute atomic E-state index is 4.68. The van der Waals surface area contributed by atoms with Crippen LogP contribution in [0.4, 0.5) is 5.69 Å². The van der Waals surface area contributed by atoms with E-state index >= 15 is 0 Å². The number of fused-ring (bicyclic) bond motifs is 2. The van der Waals surface area contributed by atoms with Crippen LogP contribution in [0.1, 0.15) is 18.9 Å². The lowest BCUT2D eigenvalue weighted by Crippen LogP contribution is -2.07. The predicted molar refractivity (Wildman–Crippen MR) is 114 cm³/mol. The van der Waals surface area contributed by atoms with Gasteiger partial charge in [0.2, 0.25) is 0 Å². The average Bonchev–Trinajstić information content (AvgIpc) is 3.20. The van der Waals surface area contributed by atoms with Gasteiger partial charge in [0.05, 0.1) is 20.9 Å². The van der Waals surface area contributed by atoms with Crippen LogP contribution in [0.5, 0.6) is 0 Å². The molecule has 0 spiro atoms. The van der Waals surface area contributed by atoms with Gasteiger partial charge in [-0.05, 0) is 47.9 Å². The van der Waals surface area contributed by atoms with E-state index in [0.29, 0.717) is 0 Å². The number of nitrogens with zero attached hydrogens (tertiary/aromatic N) is 1. The quantitative estimate of drug-likeness (QED) is 0.571. The van der Waals surface area contributed by atoms with Crippen molar-refractivity contribution in [2.24, 2.45) is 0 Å². The number of anilines is 1. The van der Waals surface area contributed by atoms with Crippen LogP contribution in [0.25, 0.3) is 16.3 Å². The summed E-state index contributed by atoms with van der Waals surface area (Å²) in [5.41, 5.74) is 2.36. The van der Waals surface area contributed by atoms with Crippen molar-refractivity contribution < 1.29 is 0 Å². The zero-order chi connectivity index (χ0) is 17.3. The van der Waals surface area contributed by atoms with Gasteiger partial charge >= 0.3 is 0 Å². The van der Waals surface area contributed by atoms with Gasteiger partial charge in [-0.25, -0.2) is 4.98 Å². The van der Waals surface area contributed by atoms with E-state index in [-0.39, 0.29) is 0 Å². The SMILES string of the molecule is CCS1(CC)C(=CC=Cc2nc3ccccc3s2)Nc2ccccc21. The Hall–Kier alpha value is -2.04. The van der Waals surface area contributed by atoms with Crippen molar-refractivity contribution in [2.45, 2.75) is 18.7 Å². The Morgan fingerprint density at radius 3 is 2.60 bits per heavy atom. The normalized spacial score (nSPS) is 18.6. The lowest BCUT2D eigenvalue weighted by molar-refractivity contribution is 1.36. The summed E-state index contributed by atoms with van der Waals surface area (Å²) in [5, 5.41) is 6.10. The molecular formula is C21H22N2S2. The van der Waals surface area contributed by atoms with Crippen LogP contribution in [0.3, 0.4) is 0 Å². The van der Waals surface area contributed by atoms with E-state index in [1.165, 1.54) is 31.8 Å². The zero-order valence-corrected chi connectivity index (χ0v) is 16.2. The van der Waals surface area contributed by atoms with Crippen LogP contribution < -0.4 is 5.32 Å². The first kappa shape index (κ1) is 16.4. The minimum atomic E-state index is -0.934. The summed E-state index contributed by atoms with van der Waals surface area (Å²) in [7, 11) is -0.934. The Morgan fingerprint density at radius 1 is 1.04 bits per heavy atom. The Labute approximate surface area is 154 Å². The number of nitrogens with one attached hydrogen (secondary N) is 1. The zero-order valence-electron chi connectivity index (χ0n) is 14.5. The fraction of sp³-hybridized carbons (Fsp3) is 0.190. The molecule has 1 aliphatic rings. The van der Waals surface area contributed by atoms with Gasteiger partial charge in [0, 0.05) is 4.90 Å². The highest BCUT2D eigenvalue weighted by Gasteiger charge is 2.34. The number of hydrogen-bond acceptors (Lipinski definition) is 3. The molecule has 128 valence electrons. The molecule has 2 heterocycles. The van der Waals surface area contributed by atoms with Crippen LogP contribution in [0, 0.1) is 0 Å².